The molecule has 1 amide bonds. The Labute approximate surface area is 166 Å². The lowest BCUT2D eigenvalue weighted by molar-refractivity contribution is 0.101. The van der Waals surface area contributed by atoms with Crippen molar-refractivity contribution in [3.05, 3.63) is 58.2 Å². The summed E-state index contributed by atoms with van der Waals surface area (Å²) in [5.74, 6) is 0.957. The van der Waals surface area contributed by atoms with Gasteiger partial charge in [-0.25, -0.2) is 14.6 Å². The first kappa shape index (κ1) is 19.1. The molecule has 0 saturated heterocycles. The second kappa shape index (κ2) is 7.94. The molecule has 9 heteroatoms. The monoisotopic (exact) mass is 404 g/mol. The van der Waals surface area contributed by atoms with E-state index in [1.165, 1.54) is 4.68 Å². The molecule has 0 atom stereocenters. The zero-order valence-electron chi connectivity index (χ0n) is 15.1. The number of aryl methyl sites for hydroxylation is 1. The van der Waals surface area contributed by atoms with Crippen molar-refractivity contribution in [3.63, 3.8) is 0 Å². The number of aromatic nitrogens is 4. The Morgan fingerprint density at radius 1 is 1.19 bits per heavy atom. The van der Waals surface area contributed by atoms with E-state index < -0.39 is 5.91 Å². The van der Waals surface area contributed by atoms with E-state index in [0.29, 0.717) is 33.7 Å². The van der Waals surface area contributed by atoms with Gasteiger partial charge in [-0.05, 0) is 24.3 Å². The number of pyridine rings is 1. The van der Waals surface area contributed by atoms with Gasteiger partial charge in [-0.15, -0.1) is 5.10 Å². The lowest BCUT2D eigenvalue weighted by atomic mass is 10.3. The molecule has 0 radical (unpaired) electrons. The molecule has 2 aromatic heterocycles. The van der Waals surface area contributed by atoms with E-state index >= 15 is 0 Å². The number of benzene rings is 1. The first-order valence-electron chi connectivity index (χ1n) is 8.25. The predicted molar refractivity (Wildman–Crippen MR) is 107 cm³/mol. The second-order valence-corrected chi connectivity index (χ2v) is 6.76. The molecule has 2 heterocycles. The van der Waals surface area contributed by atoms with Crippen molar-refractivity contribution >= 4 is 40.6 Å². The van der Waals surface area contributed by atoms with Gasteiger partial charge in [-0.3, -0.25) is 4.79 Å². The number of nitrogens with zero attached hydrogens (tertiary/aromatic N) is 5. The summed E-state index contributed by atoms with van der Waals surface area (Å²) in [4.78, 5) is 23.0. The maximum absolute atomic E-state index is 12.6. The van der Waals surface area contributed by atoms with Crippen LogP contribution in [0.2, 0.25) is 10.0 Å². The molecule has 0 aliphatic heterocycles. The van der Waals surface area contributed by atoms with E-state index in [0.717, 1.165) is 5.82 Å². The van der Waals surface area contributed by atoms with Gasteiger partial charge in [0.2, 0.25) is 5.82 Å². The first-order chi connectivity index (χ1) is 12.9. The standard InChI is InChI=1S/C18H18Cl2N6O/c1-4-14-23-17(24-26(14)16-12(19)6-5-7-13(16)20)18(27)22-11-8-9-15(21-10-11)25(2)3/h5-10H,4H2,1-3H3,(H,22,27). The molecular weight excluding hydrogens is 387 g/mol. The van der Waals surface area contributed by atoms with Crippen molar-refractivity contribution in [2.75, 3.05) is 24.3 Å². The van der Waals surface area contributed by atoms with E-state index in [1.807, 2.05) is 32.0 Å². The van der Waals surface area contributed by atoms with Gasteiger partial charge in [-0.2, -0.15) is 0 Å². The van der Waals surface area contributed by atoms with Crippen LogP contribution in [-0.4, -0.2) is 39.8 Å². The number of rotatable bonds is 5. The summed E-state index contributed by atoms with van der Waals surface area (Å²) in [6.07, 6.45) is 2.14. The second-order valence-electron chi connectivity index (χ2n) is 5.94. The van der Waals surface area contributed by atoms with Gasteiger partial charge in [0, 0.05) is 20.5 Å². The number of amides is 1. The minimum absolute atomic E-state index is 0.0273. The van der Waals surface area contributed by atoms with Gasteiger partial charge in [0.05, 0.1) is 21.9 Å². The molecule has 0 fully saturated rings. The van der Waals surface area contributed by atoms with Crippen LogP contribution in [0.15, 0.2) is 36.5 Å². The van der Waals surface area contributed by atoms with Crippen molar-refractivity contribution in [1.29, 1.82) is 0 Å². The molecule has 1 aromatic carbocycles. The number of para-hydroxylation sites is 1. The van der Waals surface area contributed by atoms with Crippen LogP contribution in [0.4, 0.5) is 11.5 Å². The summed E-state index contributed by atoms with van der Waals surface area (Å²) in [6, 6.07) is 8.74. The zero-order valence-corrected chi connectivity index (χ0v) is 16.6. The van der Waals surface area contributed by atoms with Gasteiger partial charge in [-0.1, -0.05) is 36.2 Å². The summed E-state index contributed by atoms with van der Waals surface area (Å²) in [7, 11) is 3.78. The van der Waals surface area contributed by atoms with Crippen molar-refractivity contribution in [3.8, 4) is 5.69 Å². The molecule has 3 rings (SSSR count). The summed E-state index contributed by atoms with van der Waals surface area (Å²) < 4.78 is 1.51. The fourth-order valence-electron chi connectivity index (χ4n) is 2.45. The lowest BCUT2D eigenvalue weighted by Crippen LogP contribution is -2.15. The van der Waals surface area contributed by atoms with E-state index in [9.17, 15) is 4.79 Å². The highest BCUT2D eigenvalue weighted by molar-refractivity contribution is 6.37. The van der Waals surface area contributed by atoms with Crippen LogP contribution in [-0.2, 0) is 6.42 Å². The van der Waals surface area contributed by atoms with E-state index in [4.69, 9.17) is 23.2 Å². The van der Waals surface area contributed by atoms with Gasteiger partial charge in [0.1, 0.15) is 17.3 Å². The van der Waals surface area contributed by atoms with Crippen molar-refractivity contribution < 1.29 is 4.79 Å². The van der Waals surface area contributed by atoms with Crippen LogP contribution < -0.4 is 10.2 Å². The third-order valence-electron chi connectivity index (χ3n) is 3.81. The van der Waals surface area contributed by atoms with E-state index in [-0.39, 0.29) is 5.82 Å². The Bertz CT molecular complexity index is 948. The predicted octanol–water partition coefficient (Wildman–Crippen LogP) is 3.85. The number of hydrogen-bond acceptors (Lipinski definition) is 5. The minimum Gasteiger partial charge on any atom is -0.363 e. The molecule has 27 heavy (non-hydrogen) atoms. The summed E-state index contributed by atoms with van der Waals surface area (Å²) in [5, 5.41) is 7.91. The first-order valence-corrected chi connectivity index (χ1v) is 9.01. The van der Waals surface area contributed by atoms with Crippen molar-refractivity contribution in [2.24, 2.45) is 0 Å². The van der Waals surface area contributed by atoms with Gasteiger partial charge in [0.15, 0.2) is 0 Å². The number of carbonyl (C=O) groups is 1. The maximum Gasteiger partial charge on any atom is 0.295 e. The van der Waals surface area contributed by atoms with Crippen LogP contribution >= 0.6 is 23.2 Å². The highest BCUT2D eigenvalue weighted by Crippen LogP contribution is 2.28. The molecule has 0 saturated carbocycles. The van der Waals surface area contributed by atoms with Crippen LogP contribution in [0.1, 0.15) is 23.4 Å². The average Bonchev–Trinajstić information content (AvgIpc) is 3.06. The number of hydrogen-bond donors (Lipinski definition) is 1. The van der Waals surface area contributed by atoms with Crippen LogP contribution in [0, 0.1) is 0 Å². The molecule has 1 N–H and O–H groups in total. The summed E-state index contributed by atoms with van der Waals surface area (Å²) >= 11 is 12.5. The van der Waals surface area contributed by atoms with Crippen molar-refractivity contribution in [2.45, 2.75) is 13.3 Å². The topological polar surface area (TPSA) is 75.9 Å². The van der Waals surface area contributed by atoms with Crippen LogP contribution in [0.5, 0.6) is 0 Å². The molecule has 0 aliphatic carbocycles. The molecule has 0 aliphatic rings. The third-order valence-corrected chi connectivity index (χ3v) is 4.42. The minimum atomic E-state index is -0.439. The van der Waals surface area contributed by atoms with Gasteiger partial charge < -0.3 is 10.2 Å². The molecule has 0 unspecified atom stereocenters. The normalized spacial score (nSPS) is 10.7. The quantitative estimate of drug-likeness (QED) is 0.698. The fourth-order valence-corrected chi connectivity index (χ4v) is 3.01. The highest BCUT2D eigenvalue weighted by Gasteiger charge is 2.19. The number of anilines is 2. The third kappa shape index (κ3) is 4.04. The van der Waals surface area contributed by atoms with Gasteiger partial charge in [0.25, 0.3) is 5.91 Å². The number of carbonyl (C=O) groups excluding carboxylic acids is 1. The molecule has 3 aromatic rings. The Hall–Kier alpha value is -2.64. The van der Waals surface area contributed by atoms with Crippen molar-refractivity contribution in [1.82, 2.24) is 19.7 Å². The average molecular weight is 405 g/mol. The zero-order chi connectivity index (χ0) is 19.6. The summed E-state index contributed by atoms with van der Waals surface area (Å²) in [6.45, 7) is 1.91. The number of nitrogens with one attached hydrogen (secondary N) is 1. The molecule has 0 bridgehead atoms. The van der Waals surface area contributed by atoms with Gasteiger partial charge >= 0.3 is 0 Å². The fraction of sp³-hybridized carbons (Fsp3) is 0.222. The largest absolute Gasteiger partial charge is 0.363 e. The number of halogens is 2. The van der Waals surface area contributed by atoms with Crippen LogP contribution in [0.3, 0.4) is 0 Å². The lowest BCUT2D eigenvalue weighted by Gasteiger charge is -2.11. The summed E-state index contributed by atoms with van der Waals surface area (Å²) in [5.41, 5.74) is 1.05. The Kier molecular flexibility index (Phi) is 5.62. The Balaban J connectivity index is 1.89. The van der Waals surface area contributed by atoms with E-state index in [2.05, 4.69) is 20.4 Å². The Morgan fingerprint density at radius 2 is 1.89 bits per heavy atom. The smallest absolute Gasteiger partial charge is 0.295 e. The van der Waals surface area contributed by atoms with Crippen LogP contribution in [0.25, 0.3) is 5.69 Å². The molecule has 140 valence electrons. The molecule has 7 nitrogen and oxygen atoms in total. The molecular formula is C18H18Cl2N6O. The highest BCUT2D eigenvalue weighted by atomic mass is 35.5. The maximum atomic E-state index is 12.6. The molecule has 0 spiro atoms. The van der Waals surface area contributed by atoms with E-state index in [1.54, 1.807) is 30.5 Å². The Morgan fingerprint density at radius 3 is 2.44 bits per heavy atom. The SMILES string of the molecule is CCc1nc(C(=O)Nc2ccc(N(C)C)nc2)nn1-c1c(Cl)cccc1Cl.